The van der Waals surface area contributed by atoms with Gasteiger partial charge in [0.05, 0.1) is 0 Å². The monoisotopic (exact) mass is 203 g/mol. The summed E-state index contributed by atoms with van der Waals surface area (Å²) in [6.45, 7) is 2.23. The Morgan fingerprint density at radius 2 is 1.87 bits per heavy atom. The normalized spacial score (nSPS) is 26.5. The molecule has 0 unspecified atom stereocenters. The van der Waals surface area contributed by atoms with Crippen molar-refractivity contribution >= 4 is 0 Å². The first-order chi connectivity index (χ1) is 7.33. The van der Waals surface area contributed by atoms with Crippen LogP contribution in [0.2, 0.25) is 0 Å². The van der Waals surface area contributed by atoms with E-state index in [1.54, 1.807) is 5.56 Å². The van der Waals surface area contributed by atoms with Gasteiger partial charge in [0.15, 0.2) is 0 Å². The molecule has 1 aromatic rings. The summed E-state index contributed by atoms with van der Waals surface area (Å²) < 4.78 is 0. The molecular weight excluding hydrogens is 182 g/mol. The van der Waals surface area contributed by atoms with E-state index in [1.807, 2.05) is 0 Å². The molecule has 1 aromatic carbocycles. The molecule has 15 heavy (non-hydrogen) atoms. The highest BCUT2D eigenvalue weighted by Gasteiger charge is 2.25. The Morgan fingerprint density at radius 1 is 1.13 bits per heavy atom. The molecule has 2 rings (SSSR count). The third-order valence-corrected chi connectivity index (χ3v) is 3.72. The maximum absolute atomic E-state index is 3.48. The fraction of sp³-hybridized carbons (Fsp3) is 0.571. The largest absolute Gasteiger partial charge is 0.316 e. The van der Waals surface area contributed by atoms with Crippen molar-refractivity contribution < 1.29 is 0 Å². The van der Waals surface area contributed by atoms with Crippen LogP contribution in [0.5, 0.6) is 0 Å². The van der Waals surface area contributed by atoms with Gasteiger partial charge in [0.2, 0.25) is 0 Å². The van der Waals surface area contributed by atoms with Gasteiger partial charge in [-0.15, -0.1) is 0 Å². The number of likely N-dealkylation sites (N-methyl/N-ethyl adjacent to an activating group) is 1. The van der Waals surface area contributed by atoms with Gasteiger partial charge in [0.1, 0.15) is 0 Å². The predicted octanol–water partition coefficient (Wildman–Crippen LogP) is 3.24. The summed E-state index contributed by atoms with van der Waals surface area (Å²) in [5, 5.41) is 3.48. The van der Waals surface area contributed by atoms with Crippen molar-refractivity contribution in [1.29, 1.82) is 0 Å². The zero-order valence-corrected chi connectivity index (χ0v) is 9.79. The summed E-state index contributed by atoms with van der Waals surface area (Å²) in [6, 6.07) is 9.52. The molecule has 0 spiro atoms. The molecule has 1 aliphatic rings. The predicted molar refractivity (Wildman–Crippen MR) is 65.2 cm³/mol. The van der Waals surface area contributed by atoms with Crippen LogP contribution in [0.4, 0.5) is 0 Å². The molecule has 0 heterocycles. The van der Waals surface area contributed by atoms with Gasteiger partial charge < -0.3 is 5.32 Å². The van der Waals surface area contributed by atoms with E-state index in [0.717, 1.165) is 5.92 Å². The lowest BCUT2D eigenvalue weighted by Gasteiger charge is -2.32. The third kappa shape index (κ3) is 2.23. The number of benzene rings is 1. The van der Waals surface area contributed by atoms with Gasteiger partial charge in [-0.3, -0.25) is 0 Å². The zero-order valence-electron chi connectivity index (χ0n) is 9.79. The third-order valence-electron chi connectivity index (χ3n) is 3.72. The molecule has 0 saturated heterocycles. The van der Waals surface area contributed by atoms with E-state index in [9.17, 15) is 0 Å². The van der Waals surface area contributed by atoms with Gasteiger partial charge in [0, 0.05) is 6.04 Å². The van der Waals surface area contributed by atoms with Gasteiger partial charge in [-0.2, -0.15) is 0 Å². The van der Waals surface area contributed by atoms with Crippen LogP contribution >= 0.6 is 0 Å². The number of nitrogens with one attached hydrogen (secondary N) is 1. The summed E-state index contributed by atoms with van der Waals surface area (Å²) in [5.74, 6) is 0.727. The molecule has 0 bridgehead atoms. The quantitative estimate of drug-likeness (QED) is 0.778. The maximum Gasteiger partial charge on any atom is 0.0133 e. The lowest BCUT2D eigenvalue weighted by molar-refractivity contribution is 0.343. The van der Waals surface area contributed by atoms with E-state index in [-0.39, 0.29) is 0 Å². The fourth-order valence-electron chi connectivity index (χ4n) is 2.85. The van der Waals surface area contributed by atoms with Crippen LogP contribution in [-0.4, -0.2) is 13.1 Å². The maximum atomic E-state index is 3.48. The minimum absolute atomic E-state index is 0.680. The van der Waals surface area contributed by atoms with Crippen LogP contribution in [0.15, 0.2) is 24.3 Å². The van der Waals surface area contributed by atoms with E-state index >= 15 is 0 Å². The Labute approximate surface area is 92.9 Å². The molecule has 1 nitrogen and oxygen atoms in total. The molecule has 1 N–H and O–H groups in total. The average Bonchev–Trinajstić information content (AvgIpc) is 2.30. The van der Waals surface area contributed by atoms with Crippen molar-refractivity contribution in [3.05, 3.63) is 35.4 Å². The Morgan fingerprint density at radius 3 is 2.60 bits per heavy atom. The van der Waals surface area contributed by atoms with E-state index in [2.05, 4.69) is 43.6 Å². The molecule has 2 atom stereocenters. The Kier molecular flexibility index (Phi) is 3.42. The van der Waals surface area contributed by atoms with Crippen LogP contribution in [0.25, 0.3) is 0 Å². The first-order valence-corrected chi connectivity index (χ1v) is 6.05. The second kappa shape index (κ2) is 4.80. The summed E-state index contributed by atoms with van der Waals surface area (Å²) in [7, 11) is 2.10. The van der Waals surface area contributed by atoms with Crippen molar-refractivity contribution in [1.82, 2.24) is 5.32 Å². The molecule has 0 aromatic heterocycles. The summed E-state index contributed by atoms with van der Waals surface area (Å²) in [4.78, 5) is 0. The van der Waals surface area contributed by atoms with Crippen LogP contribution in [0, 0.1) is 6.92 Å². The summed E-state index contributed by atoms with van der Waals surface area (Å²) in [5.41, 5.74) is 3.00. The van der Waals surface area contributed by atoms with Crippen molar-refractivity contribution in [2.75, 3.05) is 7.05 Å². The first kappa shape index (κ1) is 10.7. The molecule has 82 valence electrons. The number of hydrogen-bond acceptors (Lipinski definition) is 1. The molecule has 0 aliphatic heterocycles. The standard InChI is InChI=1S/C14H21N/c1-11-7-3-4-8-12(11)13-9-5-6-10-14(13)15-2/h3-4,7-8,13-15H,5-6,9-10H2,1-2H3/t13-,14+/m0/s1. The van der Waals surface area contributed by atoms with Crippen LogP contribution in [0.1, 0.15) is 42.7 Å². The highest BCUT2D eigenvalue weighted by atomic mass is 14.9. The minimum Gasteiger partial charge on any atom is -0.316 e. The van der Waals surface area contributed by atoms with Crippen molar-refractivity contribution in [3.63, 3.8) is 0 Å². The lowest BCUT2D eigenvalue weighted by Crippen LogP contribution is -2.34. The average molecular weight is 203 g/mol. The van der Waals surface area contributed by atoms with Crippen LogP contribution in [0.3, 0.4) is 0 Å². The molecule has 0 amide bonds. The highest BCUT2D eigenvalue weighted by Crippen LogP contribution is 2.34. The molecule has 1 fully saturated rings. The van der Waals surface area contributed by atoms with E-state index in [0.29, 0.717) is 6.04 Å². The second-order valence-corrected chi connectivity index (χ2v) is 4.64. The molecule has 1 aliphatic carbocycles. The van der Waals surface area contributed by atoms with Crippen molar-refractivity contribution in [3.8, 4) is 0 Å². The molecule has 1 heteroatoms. The topological polar surface area (TPSA) is 12.0 Å². The summed E-state index contributed by atoms with van der Waals surface area (Å²) >= 11 is 0. The van der Waals surface area contributed by atoms with Gasteiger partial charge in [-0.25, -0.2) is 0 Å². The highest BCUT2D eigenvalue weighted by molar-refractivity contribution is 5.30. The Balaban J connectivity index is 2.24. The Hall–Kier alpha value is -0.820. The molecule has 1 saturated carbocycles. The van der Waals surface area contributed by atoms with Crippen molar-refractivity contribution in [2.45, 2.75) is 44.6 Å². The van der Waals surface area contributed by atoms with E-state index in [1.165, 1.54) is 31.2 Å². The minimum atomic E-state index is 0.680. The fourth-order valence-corrected chi connectivity index (χ4v) is 2.85. The van der Waals surface area contributed by atoms with Gasteiger partial charge in [-0.05, 0) is 43.9 Å². The zero-order chi connectivity index (χ0) is 10.7. The number of aryl methyl sites for hydroxylation is 1. The molecular formula is C14H21N. The van der Waals surface area contributed by atoms with Crippen LogP contribution in [-0.2, 0) is 0 Å². The van der Waals surface area contributed by atoms with Gasteiger partial charge in [0.25, 0.3) is 0 Å². The van der Waals surface area contributed by atoms with E-state index < -0.39 is 0 Å². The first-order valence-electron chi connectivity index (χ1n) is 6.05. The second-order valence-electron chi connectivity index (χ2n) is 4.64. The number of hydrogen-bond donors (Lipinski definition) is 1. The summed E-state index contributed by atoms with van der Waals surface area (Å²) in [6.07, 6.45) is 5.44. The Bertz CT molecular complexity index is 319. The SMILES string of the molecule is CN[C@@H]1CCCC[C@H]1c1ccccc1C. The smallest absolute Gasteiger partial charge is 0.0133 e. The molecule has 0 radical (unpaired) electrons. The van der Waals surface area contributed by atoms with Crippen LogP contribution < -0.4 is 5.32 Å². The van der Waals surface area contributed by atoms with E-state index in [4.69, 9.17) is 0 Å². The van der Waals surface area contributed by atoms with Crippen molar-refractivity contribution in [2.24, 2.45) is 0 Å². The number of rotatable bonds is 2. The lowest BCUT2D eigenvalue weighted by atomic mass is 9.78. The van der Waals surface area contributed by atoms with Gasteiger partial charge >= 0.3 is 0 Å². The van der Waals surface area contributed by atoms with Gasteiger partial charge in [-0.1, -0.05) is 37.1 Å².